The number of carbonyl (C=O) groups is 1. The normalized spacial score (nSPS) is 28.0. The highest BCUT2D eigenvalue weighted by Gasteiger charge is 2.36. The Bertz CT molecular complexity index is 454. The molecule has 2 aliphatic heterocycles. The first-order chi connectivity index (χ1) is 8.75. The molecule has 1 fully saturated rings. The van der Waals surface area contributed by atoms with E-state index in [0.29, 0.717) is 13.0 Å². The lowest BCUT2D eigenvalue weighted by atomic mass is 9.92. The maximum Gasteiger partial charge on any atom is 0.321 e. The van der Waals surface area contributed by atoms with Crippen LogP contribution in [-0.4, -0.2) is 41.3 Å². The van der Waals surface area contributed by atoms with Crippen molar-refractivity contribution in [2.24, 2.45) is 0 Å². The van der Waals surface area contributed by atoms with Crippen LogP contribution < -0.4 is 0 Å². The molecule has 4 heteroatoms. The van der Waals surface area contributed by atoms with Gasteiger partial charge in [-0.15, -0.1) is 0 Å². The summed E-state index contributed by atoms with van der Waals surface area (Å²) >= 11 is 0. The largest absolute Gasteiger partial charge is 0.480 e. The number of carboxylic acid groups (broad SMARTS) is 1. The molecule has 0 amide bonds. The zero-order valence-corrected chi connectivity index (χ0v) is 10.2. The van der Waals surface area contributed by atoms with E-state index >= 15 is 0 Å². The summed E-state index contributed by atoms with van der Waals surface area (Å²) in [6.45, 7) is 2.13. The van der Waals surface area contributed by atoms with Crippen LogP contribution in [0.5, 0.6) is 0 Å². The van der Waals surface area contributed by atoms with Gasteiger partial charge in [0.05, 0.1) is 6.61 Å². The van der Waals surface area contributed by atoms with Crippen molar-refractivity contribution in [3.8, 4) is 0 Å². The van der Waals surface area contributed by atoms with Crippen LogP contribution in [0.4, 0.5) is 0 Å². The minimum Gasteiger partial charge on any atom is -0.480 e. The molecule has 0 bridgehead atoms. The second-order valence-electron chi connectivity index (χ2n) is 5.02. The molecular formula is C14H17NO3. The Labute approximate surface area is 106 Å². The van der Waals surface area contributed by atoms with Crippen LogP contribution in [0, 0.1) is 0 Å². The van der Waals surface area contributed by atoms with Crippen LogP contribution in [0.3, 0.4) is 0 Å². The van der Waals surface area contributed by atoms with E-state index in [1.807, 2.05) is 18.2 Å². The predicted octanol–water partition coefficient (Wildman–Crippen LogP) is 1.29. The lowest BCUT2D eigenvalue weighted by molar-refractivity contribution is -0.145. The summed E-state index contributed by atoms with van der Waals surface area (Å²) in [5.74, 6) is -0.726. The molecule has 0 aromatic heterocycles. The Morgan fingerprint density at radius 2 is 2.11 bits per heavy atom. The van der Waals surface area contributed by atoms with Crippen LogP contribution in [0.25, 0.3) is 0 Å². The number of aliphatic carboxylic acids is 1. The van der Waals surface area contributed by atoms with E-state index in [1.54, 1.807) is 0 Å². The summed E-state index contributed by atoms with van der Waals surface area (Å²) < 4.78 is 5.39. The molecule has 1 aromatic rings. The monoisotopic (exact) mass is 247 g/mol. The van der Waals surface area contributed by atoms with Gasteiger partial charge in [0.2, 0.25) is 0 Å². The summed E-state index contributed by atoms with van der Waals surface area (Å²) in [5.41, 5.74) is 2.42. The molecule has 2 atom stereocenters. The Morgan fingerprint density at radius 3 is 2.78 bits per heavy atom. The Hall–Kier alpha value is -1.39. The minimum absolute atomic E-state index is 0.249. The van der Waals surface area contributed by atoms with Gasteiger partial charge in [0.25, 0.3) is 0 Å². The van der Waals surface area contributed by atoms with Crippen LogP contribution in [0.2, 0.25) is 0 Å². The average Bonchev–Trinajstić information content (AvgIpc) is 2.91. The van der Waals surface area contributed by atoms with Crippen molar-refractivity contribution < 1.29 is 14.6 Å². The third kappa shape index (κ3) is 2.02. The van der Waals surface area contributed by atoms with Gasteiger partial charge in [0, 0.05) is 19.2 Å². The summed E-state index contributed by atoms with van der Waals surface area (Å²) in [7, 11) is 0. The number of fused-ring (bicyclic) bond motifs is 1. The third-order valence-corrected chi connectivity index (χ3v) is 3.94. The van der Waals surface area contributed by atoms with Crippen molar-refractivity contribution in [1.82, 2.24) is 4.90 Å². The highest BCUT2D eigenvalue weighted by molar-refractivity contribution is 5.74. The standard InChI is InChI=1S/C14H17NO3/c16-14(17)13-7-10-3-1-2-4-11(10)8-15(13)12-5-6-18-9-12/h1-4,12-13H,5-9H2,(H,16,17). The molecule has 4 nitrogen and oxygen atoms in total. The number of benzene rings is 1. The van der Waals surface area contributed by atoms with E-state index in [-0.39, 0.29) is 6.04 Å². The van der Waals surface area contributed by atoms with Gasteiger partial charge in [0.15, 0.2) is 0 Å². The van der Waals surface area contributed by atoms with E-state index in [0.717, 1.165) is 19.6 Å². The molecule has 0 radical (unpaired) electrons. The number of hydrogen-bond donors (Lipinski definition) is 1. The first-order valence-corrected chi connectivity index (χ1v) is 6.39. The molecule has 18 heavy (non-hydrogen) atoms. The number of carboxylic acids is 1. The Kier molecular flexibility index (Phi) is 3.06. The van der Waals surface area contributed by atoms with Crippen LogP contribution in [0.1, 0.15) is 17.5 Å². The van der Waals surface area contributed by atoms with Gasteiger partial charge in [-0.3, -0.25) is 9.69 Å². The molecule has 96 valence electrons. The van der Waals surface area contributed by atoms with Crippen LogP contribution in [0.15, 0.2) is 24.3 Å². The summed E-state index contributed by atoms with van der Waals surface area (Å²) in [5, 5.41) is 9.41. The Morgan fingerprint density at radius 1 is 1.33 bits per heavy atom. The fourth-order valence-electron chi connectivity index (χ4n) is 2.94. The van der Waals surface area contributed by atoms with Crippen molar-refractivity contribution in [2.45, 2.75) is 31.5 Å². The van der Waals surface area contributed by atoms with E-state index in [1.165, 1.54) is 11.1 Å². The zero-order valence-electron chi connectivity index (χ0n) is 10.2. The average molecular weight is 247 g/mol. The van der Waals surface area contributed by atoms with Crippen LogP contribution in [-0.2, 0) is 22.5 Å². The SMILES string of the molecule is O=C(O)C1Cc2ccccc2CN1C1CCOC1. The van der Waals surface area contributed by atoms with E-state index in [9.17, 15) is 9.90 Å². The molecular weight excluding hydrogens is 230 g/mol. The molecule has 1 saturated heterocycles. The van der Waals surface area contributed by atoms with Crippen LogP contribution >= 0.6 is 0 Å². The third-order valence-electron chi connectivity index (χ3n) is 3.94. The van der Waals surface area contributed by atoms with Gasteiger partial charge in [0.1, 0.15) is 6.04 Å². The highest BCUT2D eigenvalue weighted by Crippen LogP contribution is 2.27. The van der Waals surface area contributed by atoms with E-state index in [2.05, 4.69) is 11.0 Å². The Balaban J connectivity index is 1.90. The fourth-order valence-corrected chi connectivity index (χ4v) is 2.94. The molecule has 2 unspecified atom stereocenters. The van der Waals surface area contributed by atoms with Crippen molar-refractivity contribution in [3.05, 3.63) is 35.4 Å². The molecule has 1 N–H and O–H groups in total. The molecule has 2 aliphatic rings. The summed E-state index contributed by atoms with van der Waals surface area (Å²) in [4.78, 5) is 13.5. The minimum atomic E-state index is -0.726. The second-order valence-corrected chi connectivity index (χ2v) is 5.02. The summed E-state index contributed by atoms with van der Waals surface area (Å²) in [6, 6.07) is 7.96. The van der Waals surface area contributed by atoms with Crippen molar-refractivity contribution in [3.63, 3.8) is 0 Å². The highest BCUT2D eigenvalue weighted by atomic mass is 16.5. The maximum absolute atomic E-state index is 11.4. The first kappa shape index (κ1) is 11.7. The number of hydrogen-bond acceptors (Lipinski definition) is 3. The van der Waals surface area contributed by atoms with Gasteiger partial charge in [-0.2, -0.15) is 0 Å². The van der Waals surface area contributed by atoms with Crippen molar-refractivity contribution >= 4 is 5.97 Å². The van der Waals surface area contributed by atoms with Crippen molar-refractivity contribution in [1.29, 1.82) is 0 Å². The smallest absolute Gasteiger partial charge is 0.321 e. The summed E-state index contributed by atoms with van der Waals surface area (Å²) in [6.07, 6.45) is 1.54. The maximum atomic E-state index is 11.4. The molecule has 3 rings (SSSR count). The van der Waals surface area contributed by atoms with Gasteiger partial charge in [-0.25, -0.2) is 0 Å². The van der Waals surface area contributed by atoms with Gasteiger partial charge < -0.3 is 9.84 Å². The zero-order chi connectivity index (χ0) is 12.5. The van der Waals surface area contributed by atoms with E-state index < -0.39 is 12.0 Å². The lowest BCUT2D eigenvalue weighted by Gasteiger charge is -2.37. The quantitative estimate of drug-likeness (QED) is 0.855. The topological polar surface area (TPSA) is 49.8 Å². The van der Waals surface area contributed by atoms with Gasteiger partial charge >= 0.3 is 5.97 Å². The number of ether oxygens (including phenoxy) is 1. The molecule has 0 spiro atoms. The first-order valence-electron chi connectivity index (χ1n) is 6.39. The molecule has 1 aromatic carbocycles. The molecule has 0 saturated carbocycles. The van der Waals surface area contributed by atoms with Crippen molar-refractivity contribution in [2.75, 3.05) is 13.2 Å². The predicted molar refractivity (Wildman–Crippen MR) is 66.3 cm³/mol. The molecule has 0 aliphatic carbocycles. The van der Waals surface area contributed by atoms with Gasteiger partial charge in [-0.1, -0.05) is 24.3 Å². The fraction of sp³-hybridized carbons (Fsp3) is 0.500. The lowest BCUT2D eigenvalue weighted by Crippen LogP contribution is -2.50. The van der Waals surface area contributed by atoms with E-state index in [4.69, 9.17) is 4.74 Å². The number of nitrogens with zero attached hydrogens (tertiary/aromatic N) is 1. The second kappa shape index (κ2) is 4.71. The molecule has 2 heterocycles. The number of rotatable bonds is 2. The van der Waals surface area contributed by atoms with Gasteiger partial charge in [-0.05, 0) is 24.0 Å².